The molecule has 2 heterocycles. The highest BCUT2D eigenvalue weighted by atomic mass is 16.1. The van der Waals surface area contributed by atoms with Crippen LogP contribution in [-0.2, 0) is 6.42 Å². The summed E-state index contributed by atoms with van der Waals surface area (Å²) in [4.78, 5) is 17.0. The van der Waals surface area contributed by atoms with E-state index in [-0.39, 0.29) is 5.56 Å². The van der Waals surface area contributed by atoms with Gasteiger partial charge in [0.05, 0.1) is 0 Å². The molecule has 1 saturated heterocycles. The summed E-state index contributed by atoms with van der Waals surface area (Å²) in [5.74, 6) is 0.764. The van der Waals surface area contributed by atoms with Crippen LogP contribution in [0.4, 0.5) is 0 Å². The third kappa shape index (κ3) is 3.38. The van der Waals surface area contributed by atoms with Crippen molar-refractivity contribution >= 4 is 0 Å². The molecule has 4 nitrogen and oxygen atoms in total. The van der Waals surface area contributed by atoms with Crippen molar-refractivity contribution in [2.24, 2.45) is 5.92 Å². The lowest BCUT2D eigenvalue weighted by Gasteiger charge is -2.27. The summed E-state index contributed by atoms with van der Waals surface area (Å²) in [6, 6.07) is 4.75. The highest BCUT2D eigenvalue weighted by Gasteiger charge is 2.26. The third-order valence-corrected chi connectivity index (χ3v) is 5.03. The van der Waals surface area contributed by atoms with Gasteiger partial charge in [0, 0.05) is 30.4 Å². The molecule has 0 spiro atoms. The number of pyridine rings is 1. The Bertz CT molecular complexity index is 537. The monoisotopic (exact) mass is 289 g/mol. The van der Waals surface area contributed by atoms with Crippen LogP contribution >= 0.6 is 0 Å². The Morgan fingerprint density at radius 2 is 2.24 bits per heavy atom. The van der Waals surface area contributed by atoms with E-state index in [0.717, 1.165) is 31.0 Å². The molecule has 4 heteroatoms. The highest BCUT2D eigenvalue weighted by Crippen LogP contribution is 2.28. The molecule has 0 amide bonds. The minimum Gasteiger partial charge on any atom is -0.326 e. The number of aromatic amines is 1. The van der Waals surface area contributed by atoms with Gasteiger partial charge in [-0.05, 0) is 64.1 Å². The molecule has 1 aromatic heterocycles. The van der Waals surface area contributed by atoms with E-state index in [9.17, 15) is 4.79 Å². The maximum Gasteiger partial charge on any atom is 0.248 e. The number of hydrogen-bond donors (Lipinski definition) is 2. The molecule has 1 aliphatic carbocycles. The van der Waals surface area contributed by atoms with E-state index in [4.69, 9.17) is 0 Å². The quantitative estimate of drug-likeness (QED) is 0.892. The second-order valence-electron chi connectivity index (χ2n) is 6.85. The number of nitrogens with one attached hydrogen (secondary N) is 2. The minimum atomic E-state index is 0.0257. The number of nitrogens with zero attached hydrogens (tertiary/aromatic N) is 1. The summed E-state index contributed by atoms with van der Waals surface area (Å²) in [6.45, 7) is 8.11. The molecule has 0 bridgehead atoms. The van der Waals surface area contributed by atoms with Gasteiger partial charge in [-0.2, -0.15) is 0 Å². The molecule has 1 aliphatic heterocycles. The molecular weight excluding hydrogens is 262 g/mol. The van der Waals surface area contributed by atoms with Crippen molar-refractivity contribution in [1.29, 1.82) is 0 Å². The molecule has 2 aliphatic rings. The zero-order valence-electron chi connectivity index (χ0n) is 13.2. The first-order valence-corrected chi connectivity index (χ1v) is 8.33. The minimum absolute atomic E-state index is 0.0257. The van der Waals surface area contributed by atoms with E-state index in [1.807, 2.05) is 6.07 Å². The van der Waals surface area contributed by atoms with Gasteiger partial charge in [0.2, 0.25) is 5.56 Å². The Morgan fingerprint density at radius 3 is 3.00 bits per heavy atom. The van der Waals surface area contributed by atoms with Gasteiger partial charge >= 0.3 is 0 Å². The predicted molar refractivity (Wildman–Crippen MR) is 85.6 cm³/mol. The van der Waals surface area contributed by atoms with E-state index < -0.39 is 0 Å². The molecule has 21 heavy (non-hydrogen) atoms. The molecule has 2 unspecified atom stereocenters. The number of rotatable bonds is 4. The molecule has 3 rings (SSSR count). The van der Waals surface area contributed by atoms with E-state index in [2.05, 4.69) is 29.0 Å². The van der Waals surface area contributed by atoms with E-state index in [1.165, 1.54) is 31.5 Å². The zero-order chi connectivity index (χ0) is 14.8. The van der Waals surface area contributed by atoms with Crippen LogP contribution in [0.5, 0.6) is 0 Å². The smallest absolute Gasteiger partial charge is 0.248 e. The predicted octanol–water partition coefficient (Wildman–Crippen LogP) is 2.07. The fourth-order valence-electron chi connectivity index (χ4n) is 3.72. The van der Waals surface area contributed by atoms with Gasteiger partial charge in [-0.3, -0.25) is 4.79 Å². The van der Waals surface area contributed by atoms with Crippen molar-refractivity contribution in [2.75, 3.05) is 19.6 Å². The Kier molecular flexibility index (Phi) is 4.45. The van der Waals surface area contributed by atoms with Gasteiger partial charge < -0.3 is 15.2 Å². The van der Waals surface area contributed by atoms with Gasteiger partial charge in [0.15, 0.2) is 0 Å². The van der Waals surface area contributed by atoms with Crippen LogP contribution in [0.25, 0.3) is 0 Å². The van der Waals surface area contributed by atoms with Crippen molar-refractivity contribution in [3.8, 4) is 0 Å². The number of aromatic nitrogens is 1. The van der Waals surface area contributed by atoms with Crippen molar-refractivity contribution < 1.29 is 0 Å². The van der Waals surface area contributed by atoms with Crippen LogP contribution in [-0.4, -0.2) is 35.6 Å². The van der Waals surface area contributed by atoms with Crippen molar-refractivity contribution in [2.45, 2.75) is 51.6 Å². The molecule has 0 aromatic carbocycles. The largest absolute Gasteiger partial charge is 0.326 e. The average Bonchev–Trinajstić information content (AvgIpc) is 2.93. The summed E-state index contributed by atoms with van der Waals surface area (Å²) in [6.07, 6.45) is 4.65. The lowest BCUT2D eigenvalue weighted by molar-refractivity contribution is 0.262. The first-order chi connectivity index (χ1) is 10.1. The van der Waals surface area contributed by atoms with Gasteiger partial charge in [-0.25, -0.2) is 0 Å². The summed E-state index contributed by atoms with van der Waals surface area (Å²) in [7, 11) is 0. The van der Waals surface area contributed by atoms with Gasteiger partial charge in [0.1, 0.15) is 0 Å². The second-order valence-corrected chi connectivity index (χ2v) is 6.85. The lowest BCUT2D eigenvalue weighted by Crippen LogP contribution is -2.33. The summed E-state index contributed by atoms with van der Waals surface area (Å²) < 4.78 is 0. The third-order valence-electron chi connectivity index (χ3n) is 5.03. The zero-order valence-corrected chi connectivity index (χ0v) is 13.2. The Hall–Kier alpha value is -1.13. The summed E-state index contributed by atoms with van der Waals surface area (Å²) in [5, 5.41) is 3.75. The van der Waals surface area contributed by atoms with Crippen LogP contribution in [0.15, 0.2) is 16.9 Å². The first-order valence-electron chi connectivity index (χ1n) is 8.33. The molecule has 116 valence electrons. The van der Waals surface area contributed by atoms with Crippen molar-refractivity contribution in [1.82, 2.24) is 15.2 Å². The molecule has 1 aromatic rings. The number of likely N-dealkylation sites (tertiary alicyclic amines) is 1. The number of fused-ring (bicyclic) bond motifs is 1. The molecule has 0 radical (unpaired) electrons. The average molecular weight is 289 g/mol. The number of hydrogen-bond acceptors (Lipinski definition) is 3. The normalized spacial score (nSPS) is 26.2. The molecule has 2 N–H and O–H groups in total. The fourth-order valence-corrected chi connectivity index (χ4v) is 3.72. The fraction of sp³-hybridized carbons (Fsp3) is 0.706. The maximum absolute atomic E-state index is 11.4. The topological polar surface area (TPSA) is 48.1 Å². The number of H-pyrrole nitrogens is 1. The molecule has 1 fully saturated rings. The van der Waals surface area contributed by atoms with Crippen LogP contribution < -0.4 is 10.9 Å². The number of aryl methyl sites for hydroxylation is 1. The molecule has 0 saturated carbocycles. The van der Waals surface area contributed by atoms with Crippen LogP contribution in [0.3, 0.4) is 0 Å². The van der Waals surface area contributed by atoms with Crippen LogP contribution in [0.1, 0.15) is 50.4 Å². The standard InChI is InChI=1S/C17H27N3O/c1-12(2)20-9-8-13(11-20)10-18-15-4-3-5-16-14(15)6-7-17(21)19-16/h6-7,12-13,15,18H,3-5,8-11H2,1-2H3,(H,19,21). The maximum atomic E-state index is 11.4. The highest BCUT2D eigenvalue weighted by molar-refractivity contribution is 5.26. The lowest BCUT2D eigenvalue weighted by atomic mass is 9.91. The molecule has 2 atom stereocenters. The van der Waals surface area contributed by atoms with E-state index >= 15 is 0 Å². The van der Waals surface area contributed by atoms with Gasteiger partial charge in [-0.15, -0.1) is 0 Å². The Balaban J connectivity index is 1.59. The van der Waals surface area contributed by atoms with E-state index in [0.29, 0.717) is 12.1 Å². The molecular formula is C17H27N3O. The second kappa shape index (κ2) is 6.32. The van der Waals surface area contributed by atoms with Crippen LogP contribution in [0.2, 0.25) is 0 Å². The summed E-state index contributed by atoms with van der Waals surface area (Å²) >= 11 is 0. The first kappa shape index (κ1) is 14.8. The van der Waals surface area contributed by atoms with E-state index in [1.54, 1.807) is 6.07 Å². The van der Waals surface area contributed by atoms with Crippen LogP contribution in [0, 0.1) is 5.92 Å². The van der Waals surface area contributed by atoms with Crippen molar-refractivity contribution in [3.05, 3.63) is 33.7 Å². The Labute approximate surface area is 126 Å². The van der Waals surface area contributed by atoms with Gasteiger partial charge in [0.25, 0.3) is 0 Å². The van der Waals surface area contributed by atoms with Crippen molar-refractivity contribution in [3.63, 3.8) is 0 Å². The van der Waals surface area contributed by atoms with Gasteiger partial charge in [-0.1, -0.05) is 6.07 Å². The SMILES string of the molecule is CC(C)N1CCC(CNC2CCCc3[nH]c(=O)ccc32)C1. The summed E-state index contributed by atoms with van der Waals surface area (Å²) in [5.41, 5.74) is 2.47. The Morgan fingerprint density at radius 1 is 1.38 bits per heavy atom.